The van der Waals surface area contributed by atoms with E-state index >= 15 is 0 Å². The number of hydrogen-bond acceptors (Lipinski definition) is 6. The van der Waals surface area contributed by atoms with Crippen molar-refractivity contribution < 1.29 is 23.5 Å². The zero-order chi connectivity index (χ0) is 25.8. The fourth-order valence-electron chi connectivity index (χ4n) is 3.69. The molecule has 0 bridgehead atoms. The van der Waals surface area contributed by atoms with Crippen molar-refractivity contribution in [1.29, 1.82) is 0 Å². The first kappa shape index (κ1) is 28.3. The summed E-state index contributed by atoms with van der Waals surface area (Å²) in [5.41, 5.74) is 3.21. The van der Waals surface area contributed by atoms with Crippen LogP contribution in [-0.4, -0.2) is 62.3 Å². The number of nitrogens with one attached hydrogen (secondary N) is 2. The van der Waals surface area contributed by atoms with Crippen molar-refractivity contribution in [2.24, 2.45) is 0 Å². The van der Waals surface area contributed by atoms with E-state index < -0.39 is 0 Å². The molecule has 2 aromatic rings. The molecular formula is C26H40N4O5. The first-order valence-electron chi connectivity index (χ1n) is 12.2. The van der Waals surface area contributed by atoms with Crippen molar-refractivity contribution in [3.8, 4) is 0 Å². The van der Waals surface area contributed by atoms with Gasteiger partial charge in [0, 0.05) is 46.2 Å². The predicted molar refractivity (Wildman–Crippen MR) is 136 cm³/mol. The van der Waals surface area contributed by atoms with Gasteiger partial charge in [-0.05, 0) is 35.8 Å². The van der Waals surface area contributed by atoms with Crippen molar-refractivity contribution in [3.05, 3.63) is 47.2 Å². The number of rotatable bonds is 14. The maximum absolute atomic E-state index is 13.4. The van der Waals surface area contributed by atoms with Gasteiger partial charge in [0.2, 0.25) is 5.89 Å². The minimum absolute atomic E-state index is 0.132. The van der Waals surface area contributed by atoms with Gasteiger partial charge in [0.15, 0.2) is 5.69 Å². The number of nitrogens with zero attached hydrogens (tertiary/aromatic N) is 2. The van der Waals surface area contributed by atoms with Crippen LogP contribution in [0.3, 0.4) is 0 Å². The van der Waals surface area contributed by atoms with Gasteiger partial charge in [-0.2, -0.15) is 0 Å². The molecule has 3 amide bonds. The first-order valence-corrected chi connectivity index (χ1v) is 12.2. The Morgan fingerprint density at radius 1 is 1.03 bits per heavy atom. The zero-order valence-corrected chi connectivity index (χ0v) is 21.8. The summed E-state index contributed by atoms with van der Waals surface area (Å²) in [6.07, 6.45) is 2.67. The number of hydrogen-bond donors (Lipinski definition) is 2. The van der Waals surface area contributed by atoms with Crippen LogP contribution in [0.2, 0.25) is 0 Å². The van der Waals surface area contributed by atoms with E-state index in [1.54, 1.807) is 19.1 Å². The Labute approximate surface area is 208 Å². The highest BCUT2D eigenvalue weighted by Gasteiger charge is 2.22. The van der Waals surface area contributed by atoms with Crippen LogP contribution in [0.4, 0.5) is 10.5 Å². The van der Waals surface area contributed by atoms with E-state index in [0.717, 1.165) is 16.8 Å². The molecule has 0 atom stereocenters. The Bertz CT molecular complexity index is 915. The molecule has 0 aliphatic carbocycles. The van der Waals surface area contributed by atoms with E-state index in [4.69, 9.17) is 13.9 Å². The van der Waals surface area contributed by atoms with Gasteiger partial charge in [-0.25, -0.2) is 9.78 Å². The van der Waals surface area contributed by atoms with Gasteiger partial charge in [-0.1, -0.05) is 45.9 Å². The fraction of sp³-hybridized carbons (Fsp3) is 0.577. The molecule has 9 heteroatoms. The molecule has 0 saturated carbocycles. The summed E-state index contributed by atoms with van der Waals surface area (Å²) in [4.78, 5) is 31.7. The van der Waals surface area contributed by atoms with Gasteiger partial charge in [-0.3, -0.25) is 4.79 Å². The molecule has 1 aromatic carbocycles. The highest BCUT2D eigenvalue weighted by atomic mass is 16.5. The average molecular weight is 489 g/mol. The van der Waals surface area contributed by atoms with Gasteiger partial charge in [0.05, 0.1) is 6.54 Å². The predicted octanol–water partition coefficient (Wildman–Crippen LogP) is 4.76. The number of benzene rings is 1. The summed E-state index contributed by atoms with van der Waals surface area (Å²) in [6, 6.07) is 5.88. The first-order chi connectivity index (χ1) is 16.8. The minimum atomic E-state index is -0.320. The Hall–Kier alpha value is -2.91. The molecule has 0 aliphatic heterocycles. The normalized spacial score (nSPS) is 11.2. The number of aromatic nitrogens is 1. The topological polar surface area (TPSA) is 106 Å². The number of methoxy groups -OCH3 is 2. The second kappa shape index (κ2) is 14.5. The number of ether oxygens (including phenoxy) is 2. The van der Waals surface area contributed by atoms with Crippen LogP contribution in [0, 0.1) is 0 Å². The smallest absolute Gasteiger partial charge is 0.322 e. The van der Waals surface area contributed by atoms with Crippen molar-refractivity contribution in [3.63, 3.8) is 0 Å². The lowest BCUT2D eigenvalue weighted by Crippen LogP contribution is -2.36. The second-order valence-electron chi connectivity index (χ2n) is 9.05. The number of amides is 3. The number of carbonyl (C=O) groups is 2. The van der Waals surface area contributed by atoms with E-state index in [1.807, 2.05) is 18.2 Å². The summed E-state index contributed by atoms with van der Waals surface area (Å²) < 4.78 is 15.7. The van der Waals surface area contributed by atoms with Crippen molar-refractivity contribution in [2.45, 2.75) is 58.9 Å². The number of oxazole rings is 1. The zero-order valence-electron chi connectivity index (χ0n) is 21.8. The highest BCUT2D eigenvalue weighted by Crippen LogP contribution is 2.32. The SMILES string of the molecule is COCCCNC(=O)c1coc(CN(CCCOC)C(=O)Nc2c(C(C)C)cccc2C(C)C)n1. The van der Waals surface area contributed by atoms with Crippen molar-refractivity contribution in [2.75, 3.05) is 45.8 Å². The van der Waals surface area contributed by atoms with Crippen LogP contribution in [0.15, 0.2) is 28.9 Å². The molecule has 0 spiro atoms. The molecule has 9 nitrogen and oxygen atoms in total. The molecule has 194 valence electrons. The van der Waals surface area contributed by atoms with E-state index in [0.29, 0.717) is 45.0 Å². The third kappa shape index (κ3) is 8.67. The van der Waals surface area contributed by atoms with Crippen LogP contribution in [0.25, 0.3) is 0 Å². The van der Waals surface area contributed by atoms with E-state index in [9.17, 15) is 9.59 Å². The molecule has 1 heterocycles. The van der Waals surface area contributed by atoms with Gasteiger partial charge >= 0.3 is 6.03 Å². The molecule has 0 unspecified atom stereocenters. The van der Waals surface area contributed by atoms with Gasteiger partial charge in [0.1, 0.15) is 6.26 Å². The standard InChI is InChI=1S/C26H40N4O5/c1-18(2)20-10-7-11-21(19(3)4)24(20)29-26(32)30(13-9-15-34-6)16-23-28-22(17-35-23)25(31)27-12-8-14-33-5/h7,10-11,17-19H,8-9,12-16H2,1-6H3,(H,27,31)(H,29,32). The molecular weight excluding hydrogens is 448 g/mol. The maximum atomic E-state index is 13.4. The lowest BCUT2D eigenvalue weighted by atomic mass is 9.93. The summed E-state index contributed by atoms with van der Waals surface area (Å²) >= 11 is 0. The lowest BCUT2D eigenvalue weighted by molar-refractivity contribution is 0.0943. The van der Waals surface area contributed by atoms with E-state index in [-0.39, 0.29) is 36.0 Å². The molecule has 0 fully saturated rings. The Morgan fingerprint density at radius 2 is 1.66 bits per heavy atom. The molecule has 1 aromatic heterocycles. The Morgan fingerprint density at radius 3 is 2.26 bits per heavy atom. The number of urea groups is 1. The number of para-hydroxylation sites is 1. The highest BCUT2D eigenvalue weighted by molar-refractivity contribution is 5.92. The largest absolute Gasteiger partial charge is 0.446 e. The third-order valence-electron chi connectivity index (χ3n) is 5.59. The molecule has 0 saturated heterocycles. The van der Waals surface area contributed by atoms with E-state index in [2.05, 4.69) is 43.3 Å². The van der Waals surface area contributed by atoms with Crippen LogP contribution in [0.5, 0.6) is 0 Å². The summed E-state index contributed by atoms with van der Waals surface area (Å²) in [6.45, 7) is 10.6. The minimum Gasteiger partial charge on any atom is -0.446 e. The summed E-state index contributed by atoms with van der Waals surface area (Å²) in [7, 11) is 3.25. The van der Waals surface area contributed by atoms with Crippen LogP contribution >= 0.6 is 0 Å². The molecule has 0 radical (unpaired) electrons. The number of carbonyl (C=O) groups excluding carboxylic acids is 2. The van der Waals surface area contributed by atoms with Crippen LogP contribution < -0.4 is 10.6 Å². The monoisotopic (exact) mass is 488 g/mol. The fourth-order valence-corrected chi connectivity index (χ4v) is 3.69. The number of anilines is 1. The molecule has 2 N–H and O–H groups in total. The van der Waals surface area contributed by atoms with Crippen LogP contribution in [0.1, 0.15) is 79.9 Å². The van der Waals surface area contributed by atoms with Crippen LogP contribution in [-0.2, 0) is 16.0 Å². The van der Waals surface area contributed by atoms with Gasteiger partial charge in [-0.15, -0.1) is 0 Å². The quantitative estimate of drug-likeness (QED) is 0.372. The van der Waals surface area contributed by atoms with Crippen molar-refractivity contribution in [1.82, 2.24) is 15.2 Å². The Kier molecular flexibility index (Phi) is 11.7. The maximum Gasteiger partial charge on any atom is 0.322 e. The van der Waals surface area contributed by atoms with E-state index in [1.165, 1.54) is 6.26 Å². The summed E-state index contributed by atoms with van der Waals surface area (Å²) in [5.74, 6) is 0.477. The Balaban J connectivity index is 2.17. The van der Waals surface area contributed by atoms with Gasteiger partial charge in [0.25, 0.3) is 5.91 Å². The summed E-state index contributed by atoms with van der Waals surface area (Å²) in [5, 5.41) is 5.92. The van der Waals surface area contributed by atoms with Gasteiger partial charge < -0.3 is 29.4 Å². The third-order valence-corrected chi connectivity index (χ3v) is 5.59. The average Bonchev–Trinajstić information content (AvgIpc) is 3.29. The molecule has 35 heavy (non-hydrogen) atoms. The second-order valence-corrected chi connectivity index (χ2v) is 9.05. The molecule has 0 aliphatic rings. The lowest BCUT2D eigenvalue weighted by Gasteiger charge is -2.25. The molecule has 2 rings (SSSR count). The van der Waals surface area contributed by atoms with Crippen molar-refractivity contribution >= 4 is 17.6 Å².